The fourth-order valence-electron chi connectivity index (χ4n) is 2.24. The summed E-state index contributed by atoms with van der Waals surface area (Å²) in [7, 11) is 1.19. The summed E-state index contributed by atoms with van der Waals surface area (Å²) in [5.41, 5.74) is -0.308. The molecule has 1 N–H and O–H groups in total. The van der Waals surface area contributed by atoms with E-state index in [9.17, 15) is 19.1 Å². The summed E-state index contributed by atoms with van der Waals surface area (Å²) in [6.07, 6.45) is -0.793. The molecule has 108 valence electrons. The summed E-state index contributed by atoms with van der Waals surface area (Å²) in [4.78, 5) is 25.1. The highest BCUT2D eigenvalue weighted by Gasteiger charge is 2.41. The maximum absolute atomic E-state index is 13.8. The van der Waals surface area contributed by atoms with E-state index in [0.717, 1.165) is 11.0 Å². The number of carbonyl (C=O) groups excluding carboxylic acids is 2. The predicted octanol–water partition coefficient (Wildman–Crippen LogP) is 1.23. The molecule has 1 amide bonds. The highest BCUT2D eigenvalue weighted by Crippen LogP contribution is 2.26. The van der Waals surface area contributed by atoms with Gasteiger partial charge in [-0.2, -0.15) is 0 Å². The van der Waals surface area contributed by atoms with Crippen LogP contribution >= 0.6 is 11.6 Å². The molecule has 0 aliphatic carbocycles. The van der Waals surface area contributed by atoms with Crippen LogP contribution in [0.1, 0.15) is 16.8 Å². The molecule has 20 heavy (non-hydrogen) atoms. The monoisotopic (exact) mass is 301 g/mol. The summed E-state index contributed by atoms with van der Waals surface area (Å²) in [5.74, 6) is -2.16. The third-order valence-electron chi connectivity index (χ3n) is 3.19. The first-order chi connectivity index (χ1) is 9.45. The lowest BCUT2D eigenvalue weighted by Gasteiger charge is -2.23. The van der Waals surface area contributed by atoms with Crippen molar-refractivity contribution in [3.63, 3.8) is 0 Å². The largest absolute Gasteiger partial charge is 0.467 e. The lowest BCUT2D eigenvalue weighted by molar-refractivity contribution is -0.145. The number of rotatable bonds is 2. The number of β-amino-alcohol motifs (C(OH)–C–C–N with tert-alkyl or cyclic N) is 1. The van der Waals surface area contributed by atoms with E-state index in [2.05, 4.69) is 4.74 Å². The molecule has 5 nitrogen and oxygen atoms in total. The van der Waals surface area contributed by atoms with Crippen LogP contribution in [0, 0.1) is 5.82 Å². The minimum absolute atomic E-state index is 0.0417. The van der Waals surface area contributed by atoms with E-state index in [0.29, 0.717) is 0 Å². The molecule has 0 aromatic heterocycles. The lowest BCUT2D eigenvalue weighted by atomic mass is 10.1. The number of benzene rings is 1. The summed E-state index contributed by atoms with van der Waals surface area (Å²) in [5, 5.41) is 9.58. The van der Waals surface area contributed by atoms with Gasteiger partial charge in [0, 0.05) is 13.0 Å². The second kappa shape index (κ2) is 5.76. The fourth-order valence-corrected chi connectivity index (χ4v) is 2.49. The van der Waals surface area contributed by atoms with E-state index in [1.54, 1.807) is 0 Å². The quantitative estimate of drug-likeness (QED) is 0.834. The van der Waals surface area contributed by atoms with Crippen molar-refractivity contribution < 1.29 is 23.8 Å². The van der Waals surface area contributed by atoms with Gasteiger partial charge < -0.3 is 14.7 Å². The van der Waals surface area contributed by atoms with Crippen molar-refractivity contribution in [3.8, 4) is 0 Å². The molecule has 1 aliphatic heterocycles. The van der Waals surface area contributed by atoms with Gasteiger partial charge in [-0.25, -0.2) is 9.18 Å². The number of hydrogen-bond acceptors (Lipinski definition) is 4. The zero-order valence-corrected chi connectivity index (χ0v) is 11.4. The van der Waals surface area contributed by atoms with Crippen LogP contribution in [0.2, 0.25) is 5.02 Å². The first kappa shape index (κ1) is 14.7. The molecule has 0 spiro atoms. The Kier molecular flexibility index (Phi) is 4.25. The van der Waals surface area contributed by atoms with Gasteiger partial charge in [0.25, 0.3) is 5.91 Å². The lowest BCUT2D eigenvalue weighted by Crippen LogP contribution is -2.41. The normalized spacial score (nSPS) is 21.9. The number of nitrogens with zero attached hydrogens (tertiary/aromatic N) is 1. The molecule has 1 aromatic rings. The number of aliphatic hydroxyl groups excluding tert-OH is 1. The Labute approximate surface area is 119 Å². The molecule has 2 rings (SSSR count). The minimum atomic E-state index is -0.932. The smallest absolute Gasteiger partial charge is 0.328 e. The van der Waals surface area contributed by atoms with Gasteiger partial charge in [0.2, 0.25) is 0 Å². The molecule has 0 saturated carbocycles. The predicted molar refractivity (Wildman–Crippen MR) is 68.9 cm³/mol. The zero-order chi connectivity index (χ0) is 14.9. The molecular formula is C13H13ClFNO4. The van der Waals surface area contributed by atoms with Crippen LogP contribution in [-0.2, 0) is 9.53 Å². The Balaban J connectivity index is 2.34. The van der Waals surface area contributed by atoms with Crippen molar-refractivity contribution in [2.45, 2.75) is 18.6 Å². The summed E-state index contributed by atoms with van der Waals surface area (Å²) < 4.78 is 18.3. The molecule has 2 unspecified atom stereocenters. The van der Waals surface area contributed by atoms with E-state index in [4.69, 9.17) is 11.6 Å². The average Bonchev–Trinajstić information content (AvgIpc) is 2.79. The first-order valence-corrected chi connectivity index (χ1v) is 6.34. The van der Waals surface area contributed by atoms with Gasteiger partial charge in [-0.05, 0) is 12.1 Å². The third-order valence-corrected chi connectivity index (χ3v) is 3.50. The van der Waals surface area contributed by atoms with Crippen molar-refractivity contribution in [1.29, 1.82) is 0 Å². The number of amides is 1. The van der Waals surface area contributed by atoms with Crippen molar-refractivity contribution in [1.82, 2.24) is 4.90 Å². The SMILES string of the molecule is COC(=O)C1CC(O)CN1C(=O)c1c(F)cccc1Cl. The van der Waals surface area contributed by atoms with Gasteiger partial charge in [0.15, 0.2) is 0 Å². The van der Waals surface area contributed by atoms with Crippen molar-refractivity contribution in [2.24, 2.45) is 0 Å². The highest BCUT2D eigenvalue weighted by atomic mass is 35.5. The molecule has 1 heterocycles. The van der Waals surface area contributed by atoms with Gasteiger partial charge in [0.1, 0.15) is 11.9 Å². The van der Waals surface area contributed by atoms with E-state index in [-0.39, 0.29) is 23.6 Å². The van der Waals surface area contributed by atoms with Crippen molar-refractivity contribution in [3.05, 3.63) is 34.6 Å². The number of esters is 1. The fraction of sp³-hybridized carbons (Fsp3) is 0.385. The van der Waals surface area contributed by atoms with Crippen molar-refractivity contribution in [2.75, 3.05) is 13.7 Å². The van der Waals surface area contributed by atoms with E-state index >= 15 is 0 Å². The Bertz CT molecular complexity index is 531. The zero-order valence-electron chi connectivity index (χ0n) is 10.7. The van der Waals surface area contributed by atoms with Crippen LogP contribution in [0.5, 0.6) is 0 Å². The molecule has 1 aliphatic rings. The average molecular weight is 302 g/mol. The Morgan fingerprint density at radius 1 is 1.50 bits per heavy atom. The Morgan fingerprint density at radius 2 is 2.20 bits per heavy atom. The van der Waals surface area contributed by atoms with Gasteiger partial charge >= 0.3 is 5.97 Å². The summed E-state index contributed by atoms with van der Waals surface area (Å²) >= 11 is 5.83. The molecule has 2 atom stereocenters. The Morgan fingerprint density at radius 3 is 2.80 bits per heavy atom. The molecule has 1 fully saturated rings. The van der Waals surface area contributed by atoms with Gasteiger partial charge in [-0.3, -0.25) is 4.79 Å². The number of hydrogen-bond donors (Lipinski definition) is 1. The van der Waals surface area contributed by atoms with E-state index < -0.39 is 29.8 Å². The number of likely N-dealkylation sites (tertiary alicyclic amines) is 1. The number of halogens is 2. The number of carbonyl (C=O) groups is 2. The molecule has 7 heteroatoms. The second-order valence-corrected chi connectivity index (χ2v) is 4.89. The number of aliphatic hydroxyl groups is 1. The molecule has 0 radical (unpaired) electrons. The van der Waals surface area contributed by atoms with Crippen LogP contribution in [0.3, 0.4) is 0 Å². The minimum Gasteiger partial charge on any atom is -0.467 e. The topological polar surface area (TPSA) is 66.8 Å². The molecular weight excluding hydrogens is 289 g/mol. The van der Waals surface area contributed by atoms with Crippen LogP contribution in [0.4, 0.5) is 4.39 Å². The Hall–Kier alpha value is -1.66. The maximum atomic E-state index is 13.8. The standard InChI is InChI=1S/C13H13ClFNO4/c1-20-13(19)10-5-7(17)6-16(10)12(18)11-8(14)3-2-4-9(11)15/h2-4,7,10,17H,5-6H2,1H3. The van der Waals surface area contributed by atoms with Crippen molar-refractivity contribution >= 4 is 23.5 Å². The molecule has 1 saturated heterocycles. The highest BCUT2D eigenvalue weighted by molar-refractivity contribution is 6.33. The van der Waals surface area contributed by atoms with Crippen LogP contribution in [0.15, 0.2) is 18.2 Å². The van der Waals surface area contributed by atoms with E-state index in [1.165, 1.54) is 19.2 Å². The van der Waals surface area contributed by atoms with Crippen LogP contribution < -0.4 is 0 Å². The second-order valence-electron chi connectivity index (χ2n) is 4.48. The third kappa shape index (κ3) is 2.62. The molecule has 1 aromatic carbocycles. The number of ether oxygens (including phenoxy) is 1. The summed E-state index contributed by atoms with van der Waals surface area (Å²) in [6, 6.07) is 2.94. The van der Waals surface area contributed by atoms with E-state index in [1.807, 2.05) is 0 Å². The van der Waals surface area contributed by atoms with Gasteiger partial charge in [-0.15, -0.1) is 0 Å². The van der Waals surface area contributed by atoms with Crippen LogP contribution in [-0.4, -0.2) is 47.7 Å². The van der Waals surface area contributed by atoms with Crippen LogP contribution in [0.25, 0.3) is 0 Å². The summed E-state index contributed by atoms with van der Waals surface area (Å²) in [6.45, 7) is -0.0662. The van der Waals surface area contributed by atoms with Gasteiger partial charge in [-0.1, -0.05) is 17.7 Å². The van der Waals surface area contributed by atoms with Gasteiger partial charge in [0.05, 0.1) is 23.8 Å². The maximum Gasteiger partial charge on any atom is 0.328 e. The molecule has 0 bridgehead atoms. The first-order valence-electron chi connectivity index (χ1n) is 5.96. The number of methoxy groups -OCH3 is 1.